The van der Waals surface area contributed by atoms with Gasteiger partial charge in [-0.3, -0.25) is 0 Å². The Balaban J connectivity index is 1.68. The molecule has 0 saturated carbocycles. The van der Waals surface area contributed by atoms with Gasteiger partial charge >= 0.3 is 12.1 Å². The first kappa shape index (κ1) is 28.7. The van der Waals surface area contributed by atoms with Crippen LogP contribution in [0, 0.1) is 0 Å². The predicted molar refractivity (Wildman–Crippen MR) is 148 cm³/mol. The number of hydrogen-bond donors (Lipinski definition) is 6. The molecule has 0 aliphatic heterocycles. The average Bonchev–Trinajstić information content (AvgIpc) is 2.91. The van der Waals surface area contributed by atoms with Gasteiger partial charge in [0.2, 0.25) is 0 Å². The molecule has 8 heteroatoms. The summed E-state index contributed by atoms with van der Waals surface area (Å²) < 4.78 is 0. The monoisotopic (exact) mass is 518 g/mol. The zero-order chi connectivity index (χ0) is 27.8. The first-order chi connectivity index (χ1) is 18.1. The van der Waals surface area contributed by atoms with E-state index in [1.54, 1.807) is 0 Å². The number of benzene rings is 3. The summed E-state index contributed by atoms with van der Waals surface area (Å²) in [5.41, 5.74) is 1.82. The van der Waals surface area contributed by atoms with Gasteiger partial charge < -0.3 is 31.5 Å². The highest BCUT2D eigenvalue weighted by atomic mass is 16.3. The lowest BCUT2D eigenvalue weighted by Crippen LogP contribution is -2.49. The molecule has 202 valence electrons. The van der Waals surface area contributed by atoms with E-state index in [1.807, 2.05) is 113 Å². The number of carbonyl (C=O) groups excluding carboxylic acids is 2. The van der Waals surface area contributed by atoms with Crippen molar-refractivity contribution in [1.29, 1.82) is 0 Å². The minimum absolute atomic E-state index is 0.226. The molecule has 3 aromatic carbocycles. The minimum Gasteiger partial charge on any atom is -0.394 e. The van der Waals surface area contributed by atoms with Gasteiger partial charge in [-0.05, 0) is 49.9 Å². The van der Waals surface area contributed by atoms with Crippen LogP contribution in [0.5, 0.6) is 0 Å². The van der Waals surface area contributed by atoms with Crippen LogP contribution in [0.15, 0.2) is 84.9 Å². The van der Waals surface area contributed by atoms with Gasteiger partial charge in [0.1, 0.15) is 0 Å². The topological polar surface area (TPSA) is 123 Å². The van der Waals surface area contributed by atoms with Crippen molar-refractivity contribution < 1.29 is 19.8 Å². The fourth-order valence-corrected chi connectivity index (χ4v) is 4.24. The molecule has 0 aliphatic rings. The summed E-state index contributed by atoms with van der Waals surface area (Å²) in [6.07, 6.45) is 0. The van der Waals surface area contributed by atoms with Crippen LogP contribution >= 0.6 is 0 Å². The third-order valence-corrected chi connectivity index (χ3v) is 6.54. The highest BCUT2D eigenvalue weighted by molar-refractivity contribution is 5.76. The number of carbonyl (C=O) groups is 2. The third kappa shape index (κ3) is 7.57. The van der Waals surface area contributed by atoms with Gasteiger partial charge in [-0.2, -0.15) is 0 Å². The molecular weight excluding hydrogens is 480 g/mol. The summed E-state index contributed by atoms with van der Waals surface area (Å²) in [5, 5.41) is 31.2. The second-order valence-electron chi connectivity index (χ2n) is 10.3. The van der Waals surface area contributed by atoms with Crippen molar-refractivity contribution in [1.82, 2.24) is 21.3 Å². The van der Waals surface area contributed by atoms with E-state index in [2.05, 4.69) is 21.3 Å². The molecule has 2 atom stereocenters. The van der Waals surface area contributed by atoms with Crippen LogP contribution < -0.4 is 21.3 Å². The van der Waals surface area contributed by atoms with Gasteiger partial charge in [0.05, 0.1) is 36.4 Å². The quantitative estimate of drug-likeness (QED) is 0.241. The Hall–Kier alpha value is -3.88. The molecule has 4 amide bonds. The Labute approximate surface area is 224 Å². The SMILES string of the molecule is CC(C)(NC(=O)N[C@@H](CO)c1ccccc1)c1cccc(C(C)(C)NC(=O)N[C@H](CO)c2ccccc2)c1. The van der Waals surface area contributed by atoms with E-state index in [1.165, 1.54) is 0 Å². The van der Waals surface area contributed by atoms with Gasteiger partial charge in [-0.15, -0.1) is 0 Å². The third-order valence-electron chi connectivity index (χ3n) is 6.54. The zero-order valence-electron chi connectivity index (χ0n) is 22.4. The van der Waals surface area contributed by atoms with Crippen LogP contribution in [0.3, 0.4) is 0 Å². The second-order valence-corrected chi connectivity index (χ2v) is 10.3. The fraction of sp³-hybridized carbons (Fsp3) is 0.333. The molecule has 0 aliphatic carbocycles. The number of amides is 4. The van der Waals surface area contributed by atoms with Crippen molar-refractivity contribution in [2.75, 3.05) is 13.2 Å². The van der Waals surface area contributed by atoms with Crippen molar-refractivity contribution in [3.63, 3.8) is 0 Å². The first-order valence-electron chi connectivity index (χ1n) is 12.7. The standard InChI is InChI=1S/C30H38N4O4/c1-29(2,33-27(37)31-25(19-35)21-12-7-5-8-13-21)23-16-11-17-24(18-23)30(3,4)34-28(38)32-26(20-36)22-14-9-6-10-15-22/h5-18,25-26,35-36H,19-20H2,1-4H3,(H2,31,33,37)(H2,32,34,38)/t25-,26+. The largest absolute Gasteiger partial charge is 0.394 e. The Kier molecular flexibility index (Phi) is 9.50. The maximum absolute atomic E-state index is 12.8. The van der Waals surface area contributed by atoms with E-state index in [4.69, 9.17) is 0 Å². The van der Waals surface area contributed by atoms with Crippen molar-refractivity contribution in [2.45, 2.75) is 50.9 Å². The smallest absolute Gasteiger partial charge is 0.316 e. The Morgan fingerprint density at radius 1 is 0.632 bits per heavy atom. The number of urea groups is 2. The molecule has 6 N–H and O–H groups in total. The van der Waals surface area contributed by atoms with Crippen LogP contribution in [-0.4, -0.2) is 35.5 Å². The molecule has 3 aromatic rings. The maximum Gasteiger partial charge on any atom is 0.316 e. The second kappa shape index (κ2) is 12.6. The van der Waals surface area contributed by atoms with E-state index in [0.717, 1.165) is 22.3 Å². The van der Waals surface area contributed by atoms with E-state index in [-0.39, 0.29) is 13.2 Å². The van der Waals surface area contributed by atoms with Crippen molar-refractivity contribution in [3.05, 3.63) is 107 Å². The molecule has 0 unspecified atom stereocenters. The van der Waals surface area contributed by atoms with Crippen LogP contribution in [0.25, 0.3) is 0 Å². The number of aliphatic hydroxyl groups excluding tert-OH is 2. The lowest BCUT2D eigenvalue weighted by Gasteiger charge is -2.32. The summed E-state index contributed by atoms with van der Waals surface area (Å²) in [4.78, 5) is 25.7. The van der Waals surface area contributed by atoms with E-state index < -0.39 is 35.2 Å². The normalized spacial score (nSPS) is 13.2. The number of aliphatic hydroxyl groups is 2. The van der Waals surface area contributed by atoms with Crippen LogP contribution in [0.4, 0.5) is 9.59 Å². The van der Waals surface area contributed by atoms with Gasteiger partial charge in [-0.1, -0.05) is 84.9 Å². The summed E-state index contributed by atoms with van der Waals surface area (Å²) in [6.45, 7) is 7.11. The highest BCUT2D eigenvalue weighted by Crippen LogP contribution is 2.27. The zero-order valence-corrected chi connectivity index (χ0v) is 22.4. The molecular formula is C30H38N4O4. The van der Waals surface area contributed by atoms with Crippen molar-refractivity contribution in [2.24, 2.45) is 0 Å². The number of hydrogen-bond acceptors (Lipinski definition) is 4. The number of rotatable bonds is 10. The van der Waals surface area contributed by atoms with Gasteiger partial charge in [0.15, 0.2) is 0 Å². The average molecular weight is 519 g/mol. The van der Waals surface area contributed by atoms with Crippen molar-refractivity contribution in [3.8, 4) is 0 Å². The molecule has 38 heavy (non-hydrogen) atoms. The molecule has 3 rings (SSSR count). The summed E-state index contributed by atoms with van der Waals surface area (Å²) in [7, 11) is 0. The van der Waals surface area contributed by atoms with Crippen LogP contribution in [0.1, 0.15) is 62.0 Å². The first-order valence-corrected chi connectivity index (χ1v) is 12.7. The van der Waals surface area contributed by atoms with E-state index in [0.29, 0.717) is 0 Å². The molecule has 8 nitrogen and oxygen atoms in total. The van der Waals surface area contributed by atoms with Gasteiger partial charge in [0.25, 0.3) is 0 Å². The highest BCUT2D eigenvalue weighted by Gasteiger charge is 2.29. The van der Waals surface area contributed by atoms with Crippen LogP contribution in [-0.2, 0) is 11.1 Å². The Morgan fingerprint density at radius 3 is 1.34 bits per heavy atom. The molecule has 0 heterocycles. The molecule has 0 spiro atoms. The predicted octanol–water partition coefficient (Wildman–Crippen LogP) is 4.22. The van der Waals surface area contributed by atoms with E-state index >= 15 is 0 Å². The Bertz CT molecular complexity index is 1110. The summed E-state index contributed by atoms with van der Waals surface area (Å²) >= 11 is 0. The molecule has 0 bridgehead atoms. The van der Waals surface area contributed by atoms with Gasteiger partial charge in [-0.25, -0.2) is 9.59 Å². The van der Waals surface area contributed by atoms with E-state index in [9.17, 15) is 19.8 Å². The minimum atomic E-state index is -0.746. The lowest BCUT2D eigenvalue weighted by atomic mass is 9.87. The lowest BCUT2D eigenvalue weighted by molar-refractivity contribution is 0.208. The maximum atomic E-state index is 12.8. The number of nitrogens with one attached hydrogen (secondary N) is 4. The van der Waals surface area contributed by atoms with Crippen LogP contribution in [0.2, 0.25) is 0 Å². The molecule has 0 aromatic heterocycles. The summed E-state index contributed by atoms with van der Waals surface area (Å²) in [5.74, 6) is 0. The molecule has 0 fully saturated rings. The molecule has 0 radical (unpaired) electrons. The fourth-order valence-electron chi connectivity index (χ4n) is 4.24. The van der Waals surface area contributed by atoms with Gasteiger partial charge in [0, 0.05) is 0 Å². The molecule has 0 saturated heterocycles. The van der Waals surface area contributed by atoms with Crippen molar-refractivity contribution >= 4 is 12.1 Å². The summed E-state index contributed by atoms with van der Waals surface area (Å²) in [6, 6.07) is 24.4. The Morgan fingerprint density at radius 2 is 1.00 bits per heavy atom.